The van der Waals surface area contributed by atoms with Gasteiger partial charge in [-0.3, -0.25) is 5.32 Å². The van der Waals surface area contributed by atoms with Gasteiger partial charge in [0.2, 0.25) is 0 Å². The summed E-state index contributed by atoms with van der Waals surface area (Å²) in [5.74, 6) is 0.621. The van der Waals surface area contributed by atoms with Crippen LogP contribution < -0.4 is 10.6 Å². The monoisotopic (exact) mass is 347 g/mol. The van der Waals surface area contributed by atoms with Gasteiger partial charge in [0.05, 0.1) is 0 Å². The van der Waals surface area contributed by atoms with Crippen molar-refractivity contribution in [1.82, 2.24) is 4.90 Å². The van der Waals surface area contributed by atoms with Crippen molar-refractivity contribution < 1.29 is 14.3 Å². The molecule has 0 atom stereocenters. The first-order chi connectivity index (χ1) is 11.7. The molecule has 0 aliphatic heterocycles. The van der Waals surface area contributed by atoms with Crippen LogP contribution in [0.4, 0.5) is 21.0 Å². The van der Waals surface area contributed by atoms with E-state index in [9.17, 15) is 9.59 Å². The normalized spacial score (nSPS) is 14.9. The Labute approximate surface area is 149 Å². The summed E-state index contributed by atoms with van der Waals surface area (Å²) >= 11 is 0. The Morgan fingerprint density at radius 1 is 1.08 bits per heavy atom. The number of ether oxygens (including phenoxy) is 1. The minimum Gasteiger partial charge on any atom is -0.444 e. The number of anilines is 2. The maximum Gasteiger partial charge on any atom is 0.412 e. The predicted molar refractivity (Wildman–Crippen MR) is 99.9 cm³/mol. The van der Waals surface area contributed by atoms with Crippen molar-refractivity contribution in [2.75, 3.05) is 24.2 Å². The molecule has 1 aliphatic rings. The lowest BCUT2D eigenvalue weighted by atomic mass is 10.1. The molecule has 0 unspecified atom stereocenters. The third kappa shape index (κ3) is 6.64. The molecule has 0 saturated heterocycles. The number of urea groups is 1. The van der Waals surface area contributed by atoms with Crippen molar-refractivity contribution in [3.8, 4) is 0 Å². The van der Waals surface area contributed by atoms with Crippen molar-refractivity contribution in [3.63, 3.8) is 0 Å². The van der Waals surface area contributed by atoms with E-state index in [1.807, 2.05) is 27.8 Å². The topological polar surface area (TPSA) is 70.7 Å². The summed E-state index contributed by atoms with van der Waals surface area (Å²) in [6, 6.07) is 6.87. The van der Waals surface area contributed by atoms with Crippen LogP contribution in [0.2, 0.25) is 0 Å². The van der Waals surface area contributed by atoms with Crippen LogP contribution in [0.5, 0.6) is 0 Å². The Bertz CT molecular complexity index is 587. The minimum atomic E-state index is -0.540. The Morgan fingerprint density at radius 2 is 1.60 bits per heavy atom. The molecule has 1 fully saturated rings. The number of rotatable bonds is 4. The van der Waals surface area contributed by atoms with Gasteiger partial charge in [0.15, 0.2) is 0 Å². The van der Waals surface area contributed by atoms with Gasteiger partial charge in [0, 0.05) is 25.0 Å². The van der Waals surface area contributed by atoms with Gasteiger partial charge in [-0.15, -0.1) is 0 Å². The second-order valence-corrected chi connectivity index (χ2v) is 7.67. The van der Waals surface area contributed by atoms with Crippen LogP contribution >= 0.6 is 0 Å². The predicted octanol–water partition coefficient (Wildman–Crippen LogP) is 4.69. The van der Waals surface area contributed by atoms with Gasteiger partial charge in [0.25, 0.3) is 0 Å². The number of hydrogen-bond donors (Lipinski definition) is 2. The summed E-state index contributed by atoms with van der Waals surface area (Å²) in [5, 5.41) is 5.54. The first-order valence-electron chi connectivity index (χ1n) is 8.85. The van der Waals surface area contributed by atoms with E-state index in [1.165, 1.54) is 25.7 Å². The molecule has 0 heterocycles. The Kier molecular flexibility index (Phi) is 6.28. The molecule has 0 bridgehead atoms. The second-order valence-electron chi connectivity index (χ2n) is 7.67. The molecule has 0 spiro atoms. The highest BCUT2D eigenvalue weighted by molar-refractivity contribution is 5.90. The third-order valence-corrected chi connectivity index (χ3v) is 4.13. The molecule has 138 valence electrons. The number of benzene rings is 1. The summed E-state index contributed by atoms with van der Waals surface area (Å²) in [4.78, 5) is 25.7. The Balaban J connectivity index is 1.82. The zero-order valence-corrected chi connectivity index (χ0v) is 15.6. The second kappa shape index (κ2) is 8.23. The number of amides is 3. The fourth-order valence-corrected chi connectivity index (χ4v) is 2.94. The van der Waals surface area contributed by atoms with E-state index in [2.05, 4.69) is 10.6 Å². The quantitative estimate of drug-likeness (QED) is 0.830. The highest BCUT2D eigenvalue weighted by Gasteiger charge is 2.19. The van der Waals surface area contributed by atoms with Gasteiger partial charge in [-0.25, -0.2) is 9.59 Å². The summed E-state index contributed by atoms with van der Waals surface area (Å²) in [6.07, 6.45) is 4.46. The van der Waals surface area contributed by atoms with Crippen molar-refractivity contribution in [2.24, 2.45) is 5.92 Å². The van der Waals surface area contributed by atoms with Gasteiger partial charge in [-0.1, -0.05) is 12.8 Å². The zero-order valence-electron chi connectivity index (χ0n) is 15.6. The molecule has 6 nitrogen and oxygen atoms in total. The van der Waals surface area contributed by atoms with Gasteiger partial charge in [0.1, 0.15) is 5.60 Å². The van der Waals surface area contributed by atoms with Crippen LogP contribution in [-0.2, 0) is 4.74 Å². The van der Waals surface area contributed by atoms with E-state index >= 15 is 0 Å². The van der Waals surface area contributed by atoms with E-state index < -0.39 is 11.7 Å². The van der Waals surface area contributed by atoms with Crippen LogP contribution in [0.1, 0.15) is 46.5 Å². The summed E-state index contributed by atoms with van der Waals surface area (Å²) in [5.41, 5.74) is 0.770. The third-order valence-electron chi connectivity index (χ3n) is 4.13. The number of nitrogens with one attached hydrogen (secondary N) is 2. The maximum atomic E-state index is 12.2. The molecule has 0 radical (unpaired) electrons. The molecule has 2 rings (SSSR count). The number of nitrogens with zero attached hydrogens (tertiary/aromatic N) is 1. The highest BCUT2D eigenvalue weighted by Crippen LogP contribution is 2.25. The van der Waals surface area contributed by atoms with E-state index in [0.717, 1.165) is 6.54 Å². The molecular weight excluding hydrogens is 318 g/mol. The van der Waals surface area contributed by atoms with Crippen molar-refractivity contribution in [3.05, 3.63) is 24.3 Å². The lowest BCUT2D eigenvalue weighted by Gasteiger charge is -2.21. The highest BCUT2D eigenvalue weighted by atomic mass is 16.6. The van der Waals surface area contributed by atoms with E-state index in [-0.39, 0.29) is 6.03 Å². The van der Waals surface area contributed by atoms with E-state index in [4.69, 9.17) is 4.74 Å². The molecule has 2 N–H and O–H groups in total. The van der Waals surface area contributed by atoms with Gasteiger partial charge in [-0.2, -0.15) is 0 Å². The summed E-state index contributed by atoms with van der Waals surface area (Å²) < 4.78 is 5.20. The van der Waals surface area contributed by atoms with Crippen LogP contribution in [0.3, 0.4) is 0 Å². The van der Waals surface area contributed by atoms with E-state index in [0.29, 0.717) is 17.3 Å². The first-order valence-corrected chi connectivity index (χ1v) is 8.85. The SMILES string of the molecule is CN(CC1CCCC1)C(=O)Nc1ccc(NC(=O)OC(C)(C)C)cc1. The van der Waals surface area contributed by atoms with E-state index in [1.54, 1.807) is 29.2 Å². The molecule has 6 heteroatoms. The fourth-order valence-electron chi connectivity index (χ4n) is 2.94. The molecule has 25 heavy (non-hydrogen) atoms. The molecular formula is C19H29N3O3. The van der Waals surface area contributed by atoms with Gasteiger partial charge < -0.3 is 15.0 Å². The molecule has 0 aromatic heterocycles. The largest absolute Gasteiger partial charge is 0.444 e. The number of carbonyl (C=O) groups is 2. The lowest BCUT2D eigenvalue weighted by molar-refractivity contribution is 0.0636. The zero-order chi connectivity index (χ0) is 18.4. The maximum absolute atomic E-state index is 12.2. The van der Waals surface area contributed by atoms with Crippen LogP contribution in [0.15, 0.2) is 24.3 Å². The van der Waals surface area contributed by atoms with Crippen LogP contribution in [0.25, 0.3) is 0 Å². The van der Waals surface area contributed by atoms with Crippen molar-refractivity contribution in [2.45, 2.75) is 52.1 Å². The summed E-state index contributed by atoms with van der Waals surface area (Å²) in [7, 11) is 1.83. The van der Waals surface area contributed by atoms with Crippen molar-refractivity contribution in [1.29, 1.82) is 0 Å². The van der Waals surface area contributed by atoms with Gasteiger partial charge >= 0.3 is 12.1 Å². The molecule has 1 aromatic rings. The lowest BCUT2D eigenvalue weighted by Crippen LogP contribution is -2.34. The number of hydrogen-bond acceptors (Lipinski definition) is 3. The minimum absolute atomic E-state index is 0.111. The number of carbonyl (C=O) groups excluding carboxylic acids is 2. The average molecular weight is 347 g/mol. The molecule has 1 saturated carbocycles. The fraction of sp³-hybridized carbons (Fsp3) is 0.579. The first kappa shape index (κ1) is 19.1. The molecule has 1 aromatic carbocycles. The smallest absolute Gasteiger partial charge is 0.412 e. The van der Waals surface area contributed by atoms with Crippen molar-refractivity contribution >= 4 is 23.5 Å². The Hall–Kier alpha value is -2.24. The van der Waals surface area contributed by atoms with Crippen LogP contribution in [0, 0.1) is 5.92 Å². The molecule has 3 amide bonds. The average Bonchev–Trinajstić information content (AvgIpc) is 3.00. The van der Waals surface area contributed by atoms with Crippen LogP contribution in [-0.4, -0.2) is 36.2 Å². The standard InChI is InChI=1S/C19H29N3O3/c1-19(2,3)25-18(24)21-16-11-9-15(10-12-16)20-17(23)22(4)13-14-7-5-6-8-14/h9-12,14H,5-8,13H2,1-4H3,(H,20,23)(H,21,24). The summed E-state index contributed by atoms with van der Waals surface area (Å²) in [6.45, 7) is 6.23. The molecule has 1 aliphatic carbocycles. The Morgan fingerprint density at radius 3 is 2.12 bits per heavy atom. The van der Waals surface area contributed by atoms with Gasteiger partial charge in [-0.05, 0) is 63.8 Å².